The third-order valence-corrected chi connectivity index (χ3v) is 1.92. The van der Waals surface area contributed by atoms with Crippen LogP contribution in [0.4, 0.5) is 4.39 Å². The van der Waals surface area contributed by atoms with Gasteiger partial charge in [-0.25, -0.2) is 4.39 Å². The smallest absolute Gasteiger partial charge is 0.298 e. The molecule has 0 N–H and O–H groups in total. The highest BCUT2D eigenvalue weighted by atomic mass is 19.1. The summed E-state index contributed by atoms with van der Waals surface area (Å²) in [7, 11) is 0. The fraction of sp³-hybridized carbons (Fsp3) is 0.300. The first kappa shape index (κ1) is 9.92. The van der Waals surface area contributed by atoms with Crippen LogP contribution in [0.15, 0.2) is 18.2 Å². The Morgan fingerprint density at radius 1 is 1.60 bits per heavy atom. The van der Waals surface area contributed by atoms with Crippen LogP contribution < -0.4 is 9.47 Å². The standard InChI is InChI=1S/C10H9FO4/c11-8-2-1-3-9(10(8)15-6-12)14-5-7-4-13-7/h1-3,6-7H,4-5H2/t7-/m1/s1. The molecule has 0 unspecified atom stereocenters. The first-order valence-corrected chi connectivity index (χ1v) is 4.44. The van der Waals surface area contributed by atoms with E-state index >= 15 is 0 Å². The largest absolute Gasteiger partial charge is 0.487 e. The van der Waals surface area contributed by atoms with E-state index in [2.05, 4.69) is 4.74 Å². The molecule has 0 spiro atoms. The number of benzene rings is 1. The van der Waals surface area contributed by atoms with Crippen LogP contribution in [0.3, 0.4) is 0 Å². The first-order chi connectivity index (χ1) is 7.31. The highest BCUT2D eigenvalue weighted by Gasteiger charge is 2.24. The van der Waals surface area contributed by atoms with Crippen molar-refractivity contribution >= 4 is 6.47 Å². The van der Waals surface area contributed by atoms with Gasteiger partial charge in [-0.3, -0.25) is 4.79 Å². The van der Waals surface area contributed by atoms with Crippen molar-refractivity contribution in [3.63, 3.8) is 0 Å². The van der Waals surface area contributed by atoms with Crippen LogP contribution in [0.5, 0.6) is 11.5 Å². The summed E-state index contributed by atoms with van der Waals surface area (Å²) in [5.74, 6) is -0.609. The van der Waals surface area contributed by atoms with Crippen molar-refractivity contribution in [1.82, 2.24) is 0 Å². The third kappa shape index (κ3) is 2.44. The van der Waals surface area contributed by atoms with E-state index in [0.717, 1.165) is 0 Å². The molecule has 0 bridgehead atoms. The molecule has 1 aliphatic heterocycles. The fourth-order valence-corrected chi connectivity index (χ4v) is 1.11. The molecule has 15 heavy (non-hydrogen) atoms. The van der Waals surface area contributed by atoms with Crippen molar-refractivity contribution in [3.05, 3.63) is 24.0 Å². The Bertz CT molecular complexity index is 362. The molecular weight excluding hydrogens is 203 g/mol. The molecule has 0 radical (unpaired) electrons. The lowest BCUT2D eigenvalue weighted by atomic mass is 10.3. The van der Waals surface area contributed by atoms with Crippen molar-refractivity contribution in [3.8, 4) is 11.5 Å². The minimum Gasteiger partial charge on any atom is -0.487 e. The topological polar surface area (TPSA) is 48.1 Å². The van der Waals surface area contributed by atoms with E-state index < -0.39 is 5.82 Å². The molecule has 1 fully saturated rings. The highest BCUT2D eigenvalue weighted by molar-refractivity contribution is 5.51. The molecule has 0 amide bonds. The van der Waals surface area contributed by atoms with Crippen molar-refractivity contribution in [2.24, 2.45) is 0 Å². The second-order valence-corrected chi connectivity index (χ2v) is 3.05. The van der Waals surface area contributed by atoms with E-state index in [0.29, 0.717) is 13.2 Å². The number of carbonyl (C=O) groups is 1. The van der Waals surface area contributed by atoms with Gasteiger partial charge < -0.3 is 14.2 Å². The maximum absolute atomic E-state index is 13.2. The Morgan fingerprint density at radius 3 is 3.07 bits per heavy atom. The van der Waals surface area contributed by atoms with Gasteiger partial charge in [0.2, 0.25) is 5.75 Å². The van der Waals surface area contributed by atoms with Gasteiger partial charge in [0.1, 0.15) is 12.7 Å². The number of para-hydroxylation sites is 1. The van der Waals surface area contributed by atoms with Crippen molar-refractivity contribution < 1.29 is 23.4 Å². The summed E-state index contributed by atoms with van der Waals surface area (Å²) in [6.07, 6.45) is 0.0670. The van der Waals surface area contributed by atoms with Gasteiger partial charge >= 0.3 is 0 Å². The lowest BCUT2D eigenvalue weighted by Gasteiger charge is -2.08. The normalized spacial score (nSPS) is 18.3. The number of carbonyl (C=O) groups excluding carboxylic acids is 1. The lowest BCUT2D eigenvalue weighted by molar-refractivity contribution is -0.121. The number of rotatable bonds is 5. The third-order valence-electron chi connectivity index (χ3n) is 1.92. The molecule has 1 heterocycles. The molecule has 2 rings (SSSR count). The summed E-state index contributed by atoms with van der Waals surface area (Å²) in [4.78, 5) is 10.2. The minimum atomic E-state index is -0.628. The first-order valence-electron chi connectivity index (χ1n) is 4.44. The van der Waals surface area contributed by atoms with Crippen LogP contribution in [0.25, 0.3) is 0 Å². The lowest BCUT2D eigenvalue weighted by Crippen LogP contribution is -2.06. The fourth-order valence-electron chi connectivity index (χ4n) is 1.11. The van der Waals surface area contributed by atoms with Crippen LogP contribution in [-0.4, -0.2) is 25.8 Å². The van der Waals surface area contributed by atoms with Crippen molar-refractivity contribution in [2.45, 2.75) is 6.10 Å². The van der Waals surface area contributed by atoms with Gasteiger partial charge in [-0.05, 0) is 12.1 Å². The molecule has 1 aromatic carbocycles. The van der Waals surface area contributed by atoms with Crippen LogP contribution in [-0.2, 0) is 9.53 Å². The van der Waals surface area contributed by atoms with Crippen molar-refractivity contribution in [2.75, 3.05) is 13.2 Å². The average Bonchev–Trinajstić information content (AvgIpc) is 3.03. The van der Waals surface area contributed by atoms with Crippen LogP contribution in [0, 0.1) is 5.82 Å². The van der Waals surface area contributed by atoms with E-state index in [4.69, 9.17) is 9.47 Å². The number of ether oxygens (including phenoxy) is 3. The minimum absolute atomic E-state index is 0.0670. The molecule has 0 aromatic heterocycles. The Kier molecular flexibility index (Phi) is 2.82. The number of epoxide rings is 1. The van der Waals surface area contributed by atoms with Gasteiger partial charge in [-0.2, -0.15) is 0 Å². The predicted octanol–water partition coefficient (Wildman–Crippen LogP) is 1.14. The molecule has 0 aliphatic carbocycles. The molecular formula is C10H9FO4. The SMILES string of the molecule is O=COc1c(F)cccc1OC[C@H]1CO1. The highest BCUT2D eigenvalue weighted by Crippen LogP contribution is 2.30. The number of hydrogen-bond acceptors (Lipinski definition) is 4. The predicted molar refractivity (Wildman–Crippen MR) is 48.3 cm³/mol. The summed E-state index contributed by atoms with van der Waals surface area (Å²) in [5.41, 5.74) is 0. The maximum atomic E-state index is 13.2. The van der Waals surface area contributed by atoms with Gasteiger partial charge in [0.05, 0.1) is 6.61 Å². The quantitative estimate of drug-likeness (QED) is 0.542. The van der Waals surface area contributed by atoms with E-state index in [1.165, 1.54) is 18.2 Å². The zero-order valence-electron chi connectivity index (χ0n) is 7.81. The van der Waals surface area contributed by atoms with E-state index in [9.17, 15) is 9.18 Å². The summed E-state index contributed by atoms with van der Waals surface area (Å²) in [6, 6.07) is 4.21. The summed E-state index contributed by atoms with van der Waals surface area (Å²) in [5, 5.41) is 0. The van der Waals surface area contributed by atoms with Crippen LogP contribution in [0.1, 0.15) is 0 Å². The monoisotopic (exact) mass is 212 g/mol. The van der Waals surface area contributed by atoms with E-state index in [1.807, 2.05) is 0 Å². The molecule has 1 atom stereocenters. The Hall–Kier alpha value is -1.62. The molecule has 1 aromatic rings. The van der Waals surface area contributed by atoms with Gasteiger partial charge in [0.25, 0.3) is 6.47 Å². The van der Waals surface area contributed by atoms with Gasteiger partial charge in [-0.1, -0.05) is 6.07 Å². The molecule has 80 valence electrons. The molecule has 1 saturated heterocycles. The zero-order valence-corrected chi connectivity index (χ0v) is 7.81. The summed E-state index contributed by atoms with van der Waals surface area (Å²) in [6.45, 7) is 1.15. The summed E-state index contributed by atoms with van der Waals surface area (Å²) >= 11 is 0. The van der Waals surface area contributed by atoms with Gasteiger partial charge in [0, 0.05) is 0 Å². The van der Waals surface area contributed by atoms with Crippen molar-refractivity contribution in [1.29, 1.82) is 0 Å². The van der Waals surface area contributed by atoms with Gasteiger partial charge in [-0.15, -0.1) is 0 Å². The molecule has 5 heteroatoms. The maximum Gasteiger partial charge on any atom is 0.298 e. The number of halogens is 1. The van der Waals surface area contributed by atoms with Crippen LogP contribution in [0.2, 0.25) is 0 Å². The van der Waals surface area contributed by atoms with E-state index in [-0.39, 0.29) is 24.1 Å². The van der Waals surface area contributed by atoms with Crippen LogP contribution >= 0.6 is 0 Å². The molecule has 4 nitrogen and oxygen atoms in total. The second kappa shape index (κ2) is 4.27. The summed E-state index contributed by atoms with van der Waals surface area (Å²) < 4.78 is 27.9. The van der Waals surface area contributed by atoms with Gasteiger partial charge in [0.15, 0.2) is 11.6 Å². The average molecular weight is 212 g/mol. The number of hydrogen-bond donors (Lipinski definition) is 0. The molecule has 1 aliphatic rings. The Labute approximate surface area is 85.6 Å². The Morgan fingerprint density at radius 2 is 2.40 bits per heavy atom. The zero-order chi connectivity index (χ0) is 10.7. The Balaban J connectivity index is 2.11. The second-order valence-electron chi connectivity index (χ2n) is 3.05. The van der Waals surface area contributed by atoms with E-state index in [1.54, 1.807) is 0 Å². The molecule has 0 saturated carbocycles.